The van der Waals surface area contributed by atoms with E-state index in [1.54, 1.807) is 32.7 Å². The van der Waals surface area contributed by atoms with Crippen molar-refractivity contribution in [1.29, 1.82) is 0 Å². The minimum atomic E-state index is -0.597. The lowest BCUT2D eigenvalue weighted by atomic mass is 10.0. The fourth-order valence-electron chi connectivity index (χ4n) is 4.97. The van der Waals surface area contributed by atoms with E-state index in [-0.39, 0.29) is 0 Å². The first-order chi connectivity index (χ1) is 21.5. The number of nitrogens with one attached hydrogen (secondary N) is 2. The molecule has 4 aromatic rings. The minimum Gasteiger partial charge on any atom is -0.497 e. The van der Waals surface area contributed by atoms with Crippen molar-refractivity contribution in [2.24, 2.45) is 5.92 Å². The Bertz CT molecular complexity index is 1550. The number of hydrogen-bond donors (Lipinski definition) is 2. The van der Waals surface area contributed by atoms with Crippen LogP contribution in [-0.4, -0.2) is 60.0 Å². The van der Waals surface area contributed by atoms with Gasteiger partial charge in [0.15, 0.2) is 0 Å². The van der Waals surface area contributed by atoms with Crippen LogP contribution in [0, 0.1) is 5.92 Å². The number of aromatic nitrogens is 3. The van der Waals surface area contributed by atoms with Crippen molar-refractivity contribution < 1.29 is 19.0 Å². The molecule has 0 radical (unpaired) electrons. The maximum Gasteiger partial charge on any atom is 0.413 e. The van der Waals surface area contributed by atoms with Gasteiger partial charge in [-0.1, -0.05) is 20.3 Å². The molecule has 240 valence electrons. The molecule has 0 fully saturated rings. The van der Waals surface area contributed by atoms with Gasteiger partial charge in [0.05, 0.1) is 37.1 Å². The van der Waals surface area contributed by atoms with Crippen LogP contribution in [0.2, 0.25) is 0 Å². The highest BCUT2D eigenvalue weighted by Crippen LogP contribution is 2.34. The van der Waals surface area contributed by atoms with E-state index >= 15 is 0 Å². The summed E-state index contributed by atoms with van der Waals surface area (Å²) in [5.41, 5.74) is 4.30. The average molecular weight is 615 g/mol. The summed E-state index contributed by atoms with van der Waals surface area (Å²) >= 11 is 0. The largest absolute Gasteiger partial charge is 0.497 e. The molecule has 45 heavy (non-hydrogen) atoms. The number of amides is 1. The fourth-order valence-corrected chi connectivity index (χ4v) is 4.97. The number of nitrogens with zero attached hydrogens (tertiary/aromatic N) is 4. The lowest BCUT2D eigenvalue weighted by Gasteiger charge is -2.27. The second kappa shape index (κ2) is 15.0. The van der Waals surface area contributed by atoms with Crippen molar-refractivity contribution in [3.05, 3.63) is 60.9 Å². The monoisotopic (exact) mass is 614 g/mol. The molecule has 2 aromatic heterocycles. The maximum atomic E-state index is 12.1. The molecule has 4 rings (SSSR count). The highest BCUT2D eigenvalue weighted by Gasteiger charge is 2.18. The maximum absolute atomic E-state index is 12.1. The van der Waals surface area contributed by atoms with Crippen LogP contribution in [0.25, 0.3) is 22.3 Å². The average Bonchev–Trinajstić information content (AvgIpc) is 3.01. The van der Waals surface area contributed by atoms with Crippen LogP contribution < -0.4 is 25.0 Å². The van der Waals surface area contributed by atoms with Gasteiger partial charge in [-0.25, -0.2) is 14.8 Å². The van der Waals surface area contributed by atoms with E-state index in [9.17, 15) is 4.79 Å². The van der Waals surface area contributed by atoms with Crippen molar-refractivity contribution in [2.45, 2.75) is 66.0 Å². The van der Waals surface area contributed by atoms with E-state index in [1.165, 1.54) is 6.42 Å². The standard InChI is InChI=1S/C35H46N6O4/c1-9-23(2)16-24(3)36-14-15-41(27-17-28(43-7)20-29(18-27)44-8)26-11-12-30-31(19-26)39-32(22-37-30)25-10-13-33(38-21-25)40-34(42)45-35(4,5)6/h10-13,17-24,36H,9,14-16H2,1-8H3,(H,38,40,42). The van der Waals surface area contributed by atoms with Gasteiger partial charge in [-0.15, -0.1) is 0 Å². The minimum absolute atomic E-state index is 0.389. The quantitative estimate of drug-likeness (QED) is 0.157. The second-order valence-corrected chi connectivity index (χ2v) is 12.3. The van der Waals surface area contributed by atoms with Gasteiger partial charge in [-0.05, 0) is 70.4 Å². The van der Waals surface area contributed by atoms with E-state index < -0.39 is 11.7 Å². The summed E-state index contributed by atoms with van der Waals surface area (Å²) in [5.74, 6) is 2.49. The Kier molecular flexibility index (Phi) is 11.2. The van der Waals surface area contributed by atoms with E-state index in [2.05, 4.69) is 52.3 Å². The van der Waals surface area contributed by atoms with Crippen molar-refractivity contribution in [3.63, 3.8) is 0 Å². The number of ether oxygens (including phenoxy) is 3. The highest BCUT2D eigenvalue weighted by molar-refractivity contribution is 5.85. The summed E-state index contributed by atoms with van der Waals surface area (Å²) in [7, 11) is 3.31. The molecule has 2 atom stereocenters. The summed E-state index contributed by atoms with van der Waals surface area (Å²) in [6.45, 7) is 13.7. The van der Waals surface area contributed by atoms with Gasteiger partial charge in [0.2, 0.25) is 0 Å². The Labute approximate surface area is 266 Å². The van der Waals surface area contributed by atoms with E-state index in [4.69, 9.17) is 19.2 Å². The molecule has 0 bridgehead atoms. The third-order valence-electron chi connectivity index (χ3n) is 7.45. The first-order valence-corrected chi connectivity index (χ1v) is 15.4. The first-order valence-electron chi connectivity index (χ1n) is 15.4. The number of methoxy groups -OCH3 is 2. The van der Waals surface area contributed by atoms with Crippen molar-refractivity contribution in [1.82, 2.24) is 20.3 Å². The van der Waals surface area contributed by atoms with Gasteiger partial charge < -0.3 is 24.4 Å². The number of carbonyl (C=O) groups is 1. The molecular formula is C35H46N6O4. The molecule has 0 saturated heterocycles. The fraction of sp³-hybridized carbons (Fsp3) is 0.429. The van der Waals surface area contributed by atoms with Gasteiger partial charge in [0.25, 0.3) is 0 Å². The predicted octanol–water partition coefficient (Wildman–Crippen LogP) is 7.61. The zero-order valence-corrected chi connectivity index (χ0v) is 27.7. The SMILES string of the molecule is CCC(C)CC(C)NCCN(c1cc(OC)cc(OC)c1)c1ccc2ncc(-c3ccc(NC(=O)OC(C)(C)C)nc3)nc2c1. The molecule has 10 nitrogen and oxygen atoms in total. The number of anilines is 3. The Morgan fingerprint density at radius 2 is 1.64 bits per heavy atom. The number of hydrogen-bond acceptors (Lipinski definition) is 9. The van der Waals surface area contributed by atoms with Crippen molar-refractivity contribution in [2.75, 3.05) is 37.5 Å². The molecule has 0 aliphatic carbocycles. The predicted molar refractivity (Wildman–Crippen MR) is 181 cm³/mol. The lowest BCUT2D eigenvalue weighted by molar-refractivity contribution is 0.0635. The molecule has 2 N–H and O–H groups in total. The van der Waals surface area contributed by atoms with Crippen LogP contribution in [0.4, 0.5) is 22.0 Å². The molecule has 2 unspecified atom stereocenters. The van der Waals surface area contributed by atoms with Crippen LogP contribution in [0.1, 0.15) is 54.4 Å². The number of rotatable bonds is 13. The van der Waals surface area contributed by atoms with Crippen LogP contribution in [-0.2, 0) is 4.74 Å². The van der Waals surface area contributed by atoms with Gasteiger partial charge in [-0.2, -0.15) is 0 Å². The third kappa shape index (κ3) is 9.52. The number of carbonyl (C=O) groups excluding carboxylic acids is 1. The van der Waals surface area contributed by atoms with Crippen molar-refractivity contribution >= 4 is 34.3 Å². The first kappa shape index (κ1) is 33.5. The molecule has 0 aliphatic heterocycles. The normalized spacial score (nSPS) is 12.8. The summed E-state index contributed by atoms with van der Waals surface area (Å²) in [5, 5.41) is 6.35. The number of pyridine rings is 1. The highest BCUT2D eigenvalue weighted by atomic mass is 16.6. The van der Waals surface area contributed by atoms with Crippen LogP contribution in [0.15, 0.2) is 60.9 Å². The zero-order chi connectivity index (χ0) is 32.6. The molecule has 10 heteroatoms. The molecule has 0 aliphatic rings. The van der Waals surface area contributed by atoms with Gasteiger partial charge in [-0.3, -0.25) is 10.3 Å². The van der Waals surface area contributed by atoms with Gasteiger partial charge >= 0.3 is 6.09 Å². The molecule has 0 spiro atoms. The lowest BCUT2D eigenvalue weighted by Crippen LogP contribution is -2.35. The summed E-state index contributed by atoms with van der Waals surface area (Å²) in [6.07, 6.45) is 5.13. The van der Waals surface area contributed by atoms with E-state index in [1.807, 2.05) is 57.2 Å². The summed E-state index contributed by atoms with van der Waals surface area (Å²) in [4.78, 5) is 28.3. The van der Waals surface area contributed by atoms with E-state index in [0.717, 1.165) is 47.5 Å². The smallest absolute Gasteiger partial charge is 0.413 e. The molecular weight excluding hydrogens is 568 g/mol. The van der Waals surface area contributed by atoms with Gasteiger partial charge in [0, 0.05) is 60.5 Å². The Morgan fingerprint density at radius 3 is 2.27 bits per heavy atom. The molecule has 2 aromatic carbocycles. The van der Waals surface area contributed by atoms with Gasteiger partial charge in [0.1, 0.15) is 22.9 Å². The summed E-state index contributed by atoms with van der Waals surface area (Å²) in [6, 6.07) is 16.0. The molecule has 2 heterocycles. The van der Waals surface area contributed by atoms with Crippen LogP contribution >= 0.6 is 0 Å². The number of fused-ring (bicyclic) bond motifs is 1. The Balaban J connectivity index is 1.61. The third-order valence-corrected chi connectivity index (χ3v) is 7.45. The van der Waals surface area contributed by atoms with E-state index in [0.29, 0.717) is 35.0 Å². The van der Waals surface area contributed by atoms with Crippen LogP contribution in [0.3, 0.4) is 0 Å². The van der Waals surface area contributed by atoms with Crippen LogP contribution in [0.5, 0.6) is 11.5 Å². The Morgan fingerprint density at radius 1 is 0.911 bits per heavy atom. The number of benzene rings is 2. The Hall–Kier alpha value is -4.44. The summed E-state index contributed by atoms with van der Waals surface area (Å²) < 4.78 is 16.5. The van der Waals surface area contributed by atoms with Crippen molar-refractivity contribution in [3.8, 4) is 22.8 Å². The topological polar surface area (TPSA) is 111 Å². The molecule has 1 amide bonds. The zero-order valence-electron chi connectivity index (χ0n) is 27.7. The second-order valence-electron chi connectivity index (χ2n) is 12.3. The molecule has 0 saturated carbocycles.